The van der Waals surface area contributed by atoms with E-state index in [9.17, 15) is 9.18 Å². The topological polar surface area (TPSA) is 41.4 Å². The number of benzene rings is 1. The van der Waals surface area contributed by atoms with Crippen molar-refractivity contribution in [3.05, 3.63) is 59.7 Å². The van der Waals surface area contributed by atoms with Crippen LogP contribution in [0.4, 0.5) is 4.39 Å². The molecule has 2 aromatic rings. The van der Waals surface area contributed by atoms with E-state index in [0.29, 0.717) is 6.54 Å². The summed E-state index contributed by atoms with van der Waals surface area (Å²) in [7, 11) is 1.86. The van der Waals surface area contributed by atoms with Crippen molar-refractivity contribution in [2.75, 3.05) is 26.2 Å². The summed E-state index contributed by atoms with van der Waals surface area (Å²) in [5.41, 5.74) is 1.82. The Bertz CT molecular complexity index is 877. The first-order valence-corrected chi connectivity index (χ1v) is 9.94. The van der Waals surface area contributed by atoms with Gasteiger partial charge in [0.25, 0.3) is 0 Å². The van der Waals surface area contributed by atoms with Gasteiger partial charge in [-0.05, 0) is 37.9 Å². The summed E-state index contributed by atoms with van der Waals surface area (Å²) in [4.78, 5) is 16.9. The molecule has 6 heteroatoms. The number of rotatable bonds is 4. The van der Waals surface area contributed by atoms with Crippen LogP contribution < -0.4 is 0 Å². The number of piperidine rings is 1. The van der Waals surface area contributed by atoms with Crippen molar-refractivity contribution in [1.82, 2.24) is 19.6 Å². The van der Waals surface area contributed by atoms with Crippen LogP contribution >= 0.6 is 0 Å². The van der Waals surface area contributed by atoms with Gasteiger partial charge >= 0.3 is 0 Å². The highest BCUT2D eigenvalue weighted by Crippen LogP contribution is 2.39. The van der Waals surface area contributed by atoms with Gasteiger partial charge in [-0.2, -0.15) is 5.10 Å². The maximum atomic E-state index is 14.0. The van der Waals surface area contributed by atoms with Crippen LogP contribution in [0.5, 0.6) is 0 Å². The first kappa shape index (κ1) is 18.9. The smallest absolute Gasteiger partial charge is 0.246 e. The van der Waals surface area contributed by atoms with Gasteiger partial charge in [-0.3, -0.25) is 14.4 Å². The van der Waals surface area contributed by atoms with Crippen LogP contribution in [0.1, 0.15) is 30.4 Å². The minimum atomic E-state index is -0.133. The predicted octanol–water partition coefficient (Wildman–Crippen LogP) is 3.09. The van der Waals surface area contributed by atoms with Gasteiger partial charge in [0.05, 0.1) is 6.20 Å². The van der Waals surface area contributed by atoms with E-state index in [2.05, 4.69) is 10.00 Å². The SMILES string of the molecule is Cn1cc(/C=C/C(=O)N2CC[C@@]3(CCCN(Cc4ccccc4F)C3)C2)cn1. The maximum Gasteiger partial charge on any atom is 0.246 e. The Balaban J connectivity index is 1.37. The minimum Gasteiger partial charge on any atom is -0.339 e. The van der Waals surface area contributed by atoms with E-state index in [-0.39, 0.29) is 17.1 Å². The molecular formula is C22H27FN4O. The lowest BCUT2D eigenvalue weighted by Crippen LogP contribution is -2.44. The third kappa shape index (κ3) is 4.17. The van der Waals surface area contributed by atoms with Crippen molar-refractivity contribution in [3.63, 3.8) is 0 Å². The van der Waals surface area contributed by atoms with Crippen LogP contribution in [0.25, 0.3) is 6.08 Å². The molecule has 0 radical (unpaired) electrons. The van der Waals surface area contributed by atoms with Crippen LogP contribution in [0.2, 0.25) is 0 Å². The van der Waals surface area contributed by atoms with Crippen molar-refractivity contribution in [2.24, 2.45) is 12.5 Å². The normalized spacial score (nSPS) is 23.1. The van der Waals surface area contributed by atoms with Gasteiger partial charge in [0.2, 0.25) is 5.91 Å². The van der Waals surface area contributed by atoms with E-state index < -0.39 is 0 Å². The second-order valence-corrected chi connectivity index (χ2v) is 8.20. The number of hydrogen-bond acceptors (Lipinski definition) is 3. The number of carbonyl (C=O) groups excluding carboxylic acids is 1. The zero-order valence-electron chi connectivity index (χ0n) is 16.4. The molecule has 0 unspecified atom stereocenters. The molecule has 2 saturated heterocycles. The lowest BCUT2D eigenvalue weighted by Gasteiger charge is -2.40. The summed E-state index contributed by atoms with van der Waals surface area (Å²) in [5, 5.41) is 4.12. The average molecular weight is 382 g/mol. The molecule has 4 rings (SSSR count). The summed E-state index contributed by atoms with van der Waals surface area (Å²) in [6.45, 7) is 4.15. The van der Waals surface area contributed by atoms with Crippen LogP contribution in [-0.2, 0) is 18.4 Å². The molecule has 1 aromatic heterocycles. The largest absolute Gasteiger partial charge is 0.339 e. The Morgan fingerprint density at radius 1 is 1.25 bits per heavy atom. The lowest BCUT2D eigenvalue weighted by atomic mass is 9.79. The van der Waals surface area contributed by atoms with E-state index in [1.807, 2.05) is 36.4 Å². The number of aromatic nitrogens is 2. The molecule has 3 heterocycles. The Morgan fingerprint density at radius 3 is 2.89 bits per heavy atom. The molecule has 2 aliphatic rings. The van der Waals surface area contributed by atoms with E-state index in [1.54, 1.807) is 23.0 Å². The van der Waals surface area contributed by atoms with Crippen LogP contribution in [-0.4, -0.2) is 51.7 Å². The maximum absolute atomic E-state index is 14.0. The molecule has 1 spiro atoms. The molecule has 1 atom stereocenters. The van der Waals surface area contributed by atoms with Gasteiger partial charge in [0.1, 0.15) is 5.82 Å². The van der Waals surface area contributed by atoms with Crippen molar-refractivity contribution in [2.45, 2.75) is 25.8 Å². The fourth-order valence-electron chi connectivity index (χ4n) is 4.57. The molecule has 1 aromatic carbocycles. The average Bonchev–Trinajstić information content (AvgIpc) is 3.28. The minimum absolute atomic E-state index is 0.0620. The standard InChI is InChI=1S/C22H27FN4O/c1-25-14-18(13-24-25)7-8-21(28)27-12-10-22(17-27)9-4-11-26(16-22)15-19-5-2-3-6-20(19)23/h2-3,5-8,13-14H,4,9-12,15-17H2,1H3/b8-7+/t22-/m1/s1. The molecule has 0 saturated carbocycles. The molecule has 2 aliphatic heterocycles. The molecule has 1 amide bonds. The zero-order valence-corrected chi connectivity index (χ0v) is 16.4. The molecule has 0 bridgehead atoms. The van der Waals surface area contributed by atoms with Crippen molar-refractivity contribution < 1.29 is 9.18 Å². The Labute approximate surface area is 165 Å². The van der Waals surface area contributed by atoms with E-state index in [1.165, 1.54) is 6.07 Å². The first-order chi connectivity index (χ1) is 13.5. The number of likely N-dealkylation sites (tertiary alicyclic amines) is 2. The van der Waals surface area contributed by atoms with E-state index in [0.717, 1.165) is 56.6 Å². The van der Waals surface area contributed by atoms with Crippen LogP contribution in [0.15, 0.2) is 42.7 Å². The third-order valence-electron chi connectivity index (χ3n) is 5.99. The fraction of sp³-hybridized carbons (Fsp3) is 0.455. The van der Waals surface area contributed by atoms with Gasteiger partial charge in [0, 0.05) is 62.0 Å². The van der Waals surface area contributed by atoms with Gasteiger partial charge in [0.15, 0.2) is 0 Å². The highest BCUT2D eigenvalue weighted by molar-refractivity contribution is 5.91. The quantitative estimate of drug-likeness (QED) is 0.763. The molecule has 0 aliphatic carbocycles. The molecule has 28 heavy (non-hydrogen) atoms. The van der Waals surface area contributed by atoms with Crippen LogP contribution in [0.3, 0.4) is 0 Å². The highest BCUT2D eigenvalue weighted by Gasteiger charge is 2.42. The van der Waals surface area contributed by atoms with Crippen molar-refractivity contribution in [3.8, 4) is 0 Å². The number of halogens is 1. The van der Waals surface area contributed by atoms with Gasteiger partial charge < -0.3 is 4.90 Å². The Morgan fingerprint density at radius 2 is 2.11 bits per heavy atom. The summed E-state index contributed by atoms with van der Waals surface area (Å²) in [5.74, 6) is -0.0714. The summed E-state index contributed by atoms with van der Waals surface area (Å²) < 4.78 is 15.7. The summed E-state index contributed by atoms with van der Waals surface area (Å²) >= 11 is 0. The molecule has 0 N–H and O–H groups in total. The molecule has 5 nitrogen and oxygen atoms in total. The number of nitrogens with zero attached hydrogens (tertiary/aromatic N) is 4. The predicted molar refractivity (Wildman–Crippen MR) is 107 cm³/mol. The molecule has 2 fully saturated rings. The summed E-state index contributed by atoms with van der Waals surface area (Å²) in [6.07, 6.45) is 10.4. The zero-order chi connectivity index (χ0) is 19.6. The first-order valence-electron chi connectivity index (χ1n) is 9.94. The fourth-order valence-corrected chi connectivity index (χ4v) is 4.57. The molecule has 148 valence electrons. The van der Waals surface area contributed by atoms with E-state index >= 15 is 0 Å². The third-order valence-corrected chi connectivity index (χ3v) is 5.99. The van der Waals surface area contributed by atoms with E-state index in [4.69, 9.17) is 0 Å². The van der Waals surface area contributed by atoms with Crippen molar-refractivity contribution >= 4 is 12.0 Å². The second kappa shape index (κ2) is 7.87. The lowest BCUT2D eigenvalue weighted by molar-refractivity contribution is -0.125. The van der Waals surface area contributed by atoms with Gasteiger partial charge in [-0.15, -0.1) is 0 Å². The summed E-state index contributed by atoms with van der Waals surface area (Å²) in [6, 6.07) is 7.02. The number of hydrogen-bond donors (Lipinski definition) is 0. The Kier molecular flexibility index (Phi) is 5.31. The van der Waals surface area contributed by atoms with Gasteiger partial charge in [-0.25, -0.2) is 4.39 Å². The van der Waals surface area contributed by atoms with Crippen LogP contribution in [0, 0.1) is 11.2 Å². The number of amides is 1. The molecular weight excluding hydrogens is 355 g/mol. The monoisotopic (exact) mass is 382 g/mol. The highest BCUT2D eigenvalue weighted by atomic mass is 19.1. The van der Waals surface area contributed by atoms with Crippen molar-refractivity contribution in [1.29, 1.82) is 0 Å². The Hall–Kier alpha value is -2.47. The van der Waals surface area contributed by atoms with Gasteiger partial charge in [-0.1, -0.05) is 18.2 Å². The second-order valence-electron chi connectivity index (χ2n) is 8.20. The number of carbonyl (C=O) groups is 1. The number of aryl methyl sites for hydroxylation is 1.